The third-order valence-electron chi connectivity index (χ3n) is 0.699. The molecule has 4 heteroatoms. The molecule has 0 atom stereocenters. The monoisotopic (exact) mass is 145 g/mol. The number of nitrogens with two attached hydrogens (primary N) is 2. The number of rotatable bonds is 3. The molecule has 0 saturated carbocycles. The standard InChI is InChI=1S/C5H11N3S/c1-2-3-4-9-5(6)8-7/h2H,1,3-4,7H2,(H2,6,8). The van der Waals surface area contributed by atoms with Crippen LogP contribution in [0.1, 0.15) is 6.42 Å². The van der Waals surface area contributed by atoms with Crippen LogP contribution in [-0.4, -0.2) is 10.9 Å². The fourth-order valence-corrected chi connectivity index (χ4v) is 0.852. The van der Waals surface area contributed by atoms with Crippen LogP contribution in [0.2, 0.25) is 0 Å². The number of hydrazone groups is 1. The molecule has 0 saturated heterocycles. The highest BCUT2D eigenvalue weighted by atomic mass is 32.2. The number of amidine groups is 1. The lowest BCUT2D eigenvalue weighted by Gasteiger charge is -1.93. The van der Waals surface area contributed by atoms with Crippen molar-refractivity contribution in [1.29, 1.82) is 0 Å². The second kappa shape index (κ2) is 5.50. The zero-order chi connectivity index (χ0) is 7.11. The van der Waals surface area contributed by atoms with E-state index in [4.69, 9.17) is 11.6 Å². The van der Waals surface area contributed by atoms with Crippen molar-refractivity contribution in [2.45, 2.75) is 6.42 Å². The second-order valence-corrected chi connectivity index (χ2v) is 2.51. The van der Waals surface area contributed by atoms with E-state index in [9.17, 15) is 0 Å². The topological polar surface area (TPSA) is 64.4 Å². The van der Waals surface area contributed by atoms with Crippen molar-refractivity contribution >= 4 is 16.9 Å². The molecule has 0 aromatic rings. The van der Waals surface area contributed by atoms with Gasteiger partial charge in [0.05, 0.1) is 0 Å². The summed E-state index contributed by atoms with van der Waals surface area (Å²) in [6.07, 6.45) is 2.76. The van der Waals surface area contributed by atoms with E-state index in [2.05, 4.69) is 11.7 Å². The molecule has 0 amide bonds. The van der Waals surface area contributed by atoms with E-state index >= 15 is 0 Å². The van der Waals surface area contributed by atoms with Crippen LogP contribution in [0.15, 0.2) is 17.8 Å². The van der Waals surface area contributed by atoms with E-state index in [1.165, 1.54) is 11.8 Å². The first-order valence-corrected chi connectivity index (χ1v) is 3.57. The Balaban J connectivity index is 3.17. The maximum absolute atomic E-state index is 5.27. The van der Waals surface area contributed by atoms with Gasteiger partial charge in [-0.15, -0.1) is 6.58 Å². The first-order valence-electron chi connectivity index (χ1n) is 2.58. The van der Waals surface area contributed by atoms with Crippen LogP contribution in [0, 0.1) is 0 Å². The van der Waals surface area contributed by atoms with Crippen molar-refractivity contribution in [3.05, 3.63) is 12.7 Å². The molecule has 9 heavy (non-hydrogen) atoms. The maximum atomic E-state index is 5.27. The smallest absolute Gasteiger partial charge is 0.177 e. The molecule has 0 bridgehead atoms. The van der Waals surface area contributed by atoms with Crippen molar-refractivity contribution in [2.24, 2.45) is 16.7 Å². The lowest BCUT2D eigenvalue weighted by molar-refractivity contribution is 1.24. The molecule has 0 fully saturated rings. The number of hydrogen-bond donors (Lipinski definition) is 2. The second-order valence-electron chi connectivity index (χ2n) is 1.39. The maximum Gasteiger partial charge on any atom is 0.177 e. The van der Waals surface area contributed by atoms with E-state index in [1.807, 2.05) is 6.08 Å². The van der Waals surface area contributed by atoms with Crippen LogP contribution in [0.5, 0.6) is 0 Å². The molecule has 52 valence electrons. The molecule has 0 spiro atoms. The Hall–Kier alpha value is -0.640. The van der Waals surface area contributed by atoms with E-state index in [-0.39, 0.29) is 0 Å². The SMILES string of the molecule is C=CCCS/C(N)=N\N. The third kappa shape index (κ3) is 5.23. The van der Waals surface area contributed by atoms with Gasteiger partial charge in [0.25, 0.3) is 0 Å². The molecule has 0 unspecified atom stereocenters. The van der Waals surface area contributed by atoms with Crippen LogP contribution >= 0.6 is 11.8 Å². The Morgan fingerprint density at radius 2 is 2.44 bits per heavy atom. The van der Waals surface area contributed by atoms with Crippen LogP contribution in [0.25, 0.3) is 0 Å². The summed E-state index contributed by atoms with van der Waals surface area (Å²) in [5.74, 6) is 5.77. The fourth-order valence-electron chi connectivity index (χ4n) is 0.284. The molecule has 0 aromatic carbocycles. The Bertz CT molecular complexity index is 111. The largest absolute Gasteiger partial charge is 0.377 e. The number of thioether (sulfide) groups is 1. The Morgan fingerprint density at radius 1 is 1.78 bits per heavy atom. The first-order chi connectivity index (χ1) is 4.31. The lowest BCUT2D eigenvalue weighted by atomic mass is 10.5. The van der Waals surface area contributed by atoms with E-state index in [0.29, 0.717) is 5.17 Å². The molecule has 0 aromatic heterocycles. The van der Waals surface area contributed by atoms with Crippen LogP contribution in [0.3, 0.4) is 0 Å². The lowest BCUT2D eigenvalue weighted by Crippen LogP contribution is -2.09. The van der Waals surface area contributed by atoms with Gasteiger partial charge in [0.1, 0.15) is 0 Å². The molecule has 0 aliphatic carbocycles. The van der Waals surface area contributed by atoms with Crippen molar-refractivity contribution in [3.63, 3.8) is 0 Å². The zero-order valence-electron chi connectivity index (χ0n) is 5.21. The van der Waals surface area contributed by atoms with Gasteiger partial charge in [0.2, 0.25) is 0 Å². The highest BCUT2D eigenvalue weighted by Gasteiger charge is 1.88. The van der Waals surface area contributed by atoms with Gasteiger partial charge in [-0.2, -0.15) is 5.10 Å². The molecule has 0 aliphatic heterocycles. The summed E-state index contributed by atoms with van der Waals surface area (Å²) >= 11 is 1.43. The molecule has 0 rings (SSSR count). The number of allylic oxidation sites excluding steroid dienone is 1. The van der Waals surface area contributed by atoms with Crippen LogP contribution in [0.4, 0.5) is 0 Å². The quantitative estimate of drug-likeness (QED) is 0.152. The summed E-state index contributed by atoms with van der Waals surface area (Å²) in [7, 11) is 0. The average molecular weight is 145 g/mol. The summed E-state index contributed by atoms with van der Waals surface area (Å²) in [6, 6.07) is 0. The van der Waals surface area contributed by atoms with Crippen molar-refractivity contribution < 1.29 is 0 Å². The van der Waals surface area contributed by atoms with E-state index in [1.54, 1.807) is 0 Å². The molecule has 4 N–H and O–H groups in total. The summed E-state index contributed by atoms with van der Waals surface area (Å²) in [5.41, 5.74) is 5.27. The van der Waals surface area contributed by atoms with Gasteiger partial charge in [-0.25, -0.2) is 0 Å². The summed E-state index contributed by atoms with van der Waals surface area (Å²) < 4.78 is 0. The Labute approximate surface area is 59.2 Å². The predicted molar refractivity (Wildman–Crippen MR) is 43.1 cm³/mol. The van der Waals surface area contributed by atoms with Gasteiger partial charge >= 0.3 is 0 Å². The van der Waals surface area contributed by atoms with Crippen molar-refractivity contribution in [1.82, 2.24) is 0 Å². The minimum atomic E-state index is 0.428. The van der Waals surface area contributed by atoms with Gasteiger partial charge in [-0.3, -0.25) is 0 Å². The van der Waals surface area contributed by atoms with Gasteiger partial charge < -0.3 is 11.6 Å². The molecular weight excluding hydrogens is 134 g/mol. The zero-order valence-corrected chi connectivity index (χ0v) is 6.03. The minimum Gasteiger partial charge on any atom is -0.377 e. The number of nitrogens with zero attached hydrogens (tertiary/aromatic N) is 1. The summed E-state index contributed by atoms with van der Waals surface area (Å²) in [4.78, 5) is 0. The van der Waals surface area contributed by atoms with Crippen molar-refractivity contribution in [3.8, 4) is 0 Å². The molecule has 0 aliphatic rings. The molecule has 0 heterocycles. The van der Waals surface area contributed by atoms with Gasteiger partial charge in [0, 0.05) is 5.75 Å². The fraction of sp³-hybridized carbons (Fsp3) is 0.400. The van der Waals surface area contributed by atoms with E-state index < -0.39 is 0 Å². The average Bonchev–Trinajstić information content (AvgIpc) is 1.89. The molecule has 0 radical (unpaired) electrons. The summed E-state index contributed by atoms with van der Waals surface area (Å²) in [5, 5.41) is 3.71. The minimum absolute atomic E-state index is 0.428. The predicted octanol–water partition coefficient (Wildman–Crippen LogP) is 0.484. The Kier molecular flexibility index (Phi) is 5.11. The van der Waals surface area contributed by atoms with Gasteiger partial charge in [-0.1, -0.05) is 17.8 Å². The van der Waals surface area contributed by atoms with Crippen molar-refractivity contribution in [2.75, 3.05) is 5.75 Å². The van der Waals surface area contributed by atoms with E-state index in [0.717, 1.165) is 12.2 Å². The highest BCUT2D eigenvalue weighted by Crippen LogP contribution is 2.00. The highest BCUT2D eigenvalue weighted by molar-refractivity contribution is 8.13. The van der Waals surface area contributed by atoms with Crippen LogP contribution in [-0.2, 0) is 0 Å². The molecule has 3 nitrogen and oxygen atoms in total. The van der Waals surface area contributed by atoms with Gasteiger partial charge in [-0.05, 0) is 6.42 Å². The molecular formula is C5H11N3S. The first kappa shape index (κ1) is 8.36. The third-order valence-corrected chi connectivity index (χ3v) is 1.54. The normalized spacial score (nSPS) is 11.3. The Morgan fingerprint density at radius 3 is 2.89 bits per heavy atom. The van der Waals surface area contributed by atoms with Crippen LogP contribution < -0.4 is 11.6 Å². The van der Waals surface area contributed by atoms with Gasteiger partial charge in [0.15, 0.2) is 5.17 Å². The summed E-state index contributed by atoms with van der Waals surface area (Å²) in [6.45, 7) is 3.56. The number of hydrogen-bond acceptors (Lipinski definition) is 3.